The number of aryl methyl sites for hydroxylation is 1. The van der Waals surface area contributed by atoms with Crippen LogP contribution >= 0.6 is 0 Å². The van der Waals surface area contributed by atoms with Crippen molar-refractivity contribution in [3.05, 3.63) is 18.2 Å². The highest BCUT2D eigenvalue weighted by Crippen LogP contribution is 2.25. The first-order valence-electron chi connectivity index (χ1n) is 6.15. The summed E-state index contributed by atoms with van der Waals surface area (Å²) in [4.78, 5) is 18.1. The molecule has 94 valence electrons. The highest BCUT2D eigenvalue weighted by Gasteiger charge is 2.36. The van der Waals surface area contributed by atoms with E-state index in [1.165, 1.54) is 0 Å². The van der Waals surface area contributed by atoms with Gasteiger partial charge in [-0.05, 0) is 6.92 Å². The summed E-state index contributed by atoms with van der Waals surface area (Å²) >= 11 is 0. The zero-order valence-electron chi connectivity index (χ0n) is 11.1. The molecule has 0 aliphatic carbocycles. The van der Waals surface area contributed by atoms with E-state index < -0.39 is 0 Å². The molecule has 4 nitrogen and oxygen atoms in total. The highest BCUT2D eigenvalue weighted by atomic mass is 16.2. The van der Waals surface area contributed by atoms with Crippen LogP contribution in [0.25, 0.3) is 0 Å². The van der Waals surface area contributed by atoms with Crippen molar-refractivity contribution >= 4 is 5.91 Å². The van der Waals surface area contributed by atoms with Crippen molar-refractivity contribution in [2.45, 2.75) is 34.2 Å². The molecule has 0 saturated carbocycles. The number of carbonyl (C=O) groups is 1. The predicted molar refractivity (Wildman–Crippen MR) is 66.5 cm³/mol. The van der Waals surface area contributed by atoms with Crippen LogP contribution in [0.3, 0.4) is 0 Å². The van der Waals surface area contributed by atoms with Gasteiger partial charge in [-0.2, -0.15) is 0 Å². The number of hydrogen-bond donors (Lipinski definition) is 0. The minimum absolute atomic E-state index is 0.254. The standard InChI is InChI=1S/C13H21N3O/c1-10-14-5-6-15(10)7-11-8-16(9-11)12(17)13(2,3)4/h5-6,11H,7-9H2,1-4H3. The highest BCUT2D eigenvalue weighted by molar-refractivity contribution is 5.82. The van der Waals surface area contributed by atoms with Crippen LogP contribution in [0.5, 0.6) is 0 Å². The van der Waals surface area contributed by atoms with Crippen LogP contribution < -0.4 is 0 Å². The number of carbonyl (C=O) groups excluding carboxylic acids is 1. The van der Waals surface area contributed by atoms with Crippen LogP contribution in [0.4, 0.5) is 0 Å². The largest absolute Gasteiger partial charge is 0.341 e. The summed E-state index contributed by atoms with van der Waals surface area (Å²) < 4.78 is 2.16. The Balaban J connectivity index is 1.84. The molecular formula is C13H21N3O. The molecule has 0 unspecified atom stereocenters. The molecule has 0 atom stereocenters. The number of likely N-dealkylation sites (tertiary alicyclic amines) is 1. The lowest BCUT2D eigenvalue weighted by atomic mass is 9.90. The maximum Gasteiger partial charge on any atom is 0.227 e. The molecule has 1 aromatic heterocycles. The molecule has 0 aromatic carbocycles. The van der Waals surface area contributed by atoms with Gasteiger partial charge in [-0.25, -0.2) is 4.98 Å². The van der Waals surface area contributed by atoms with Gasteiger partial charge in [-0.1, -0.05) is 20.8 Å². The van der Waals surface area contributed by atoms with Crippen molar-refractivity contribution < 1.29 is 4.79 Å². The maximum absolute atomic E-state index is 12.0. The molecule has 0 radical (unpaired) electrons. The molecule has 1 aromatic rings. The molecule has 0 N–H and O–H groups in total. The van der Waals surface area contributed by atoms with Crippen LogP contribution in [-0.2, 0) is 11.3 Å². The van der Waals surface area contributed by atoms with E-state index in [0.29, 0.717) is 5.92 Å². The molecule has 4 heteroatoms. The summed E-state index contributed by atoms with van der Waals surface area (Å²) in [5.74, 6) is 1.89. The fourth-order valence-corrected chi connectivity index (χ4v) is 2.20. The summed E-state index contributed by atoms with van der Waals surface area (Å²) in [7, 11) is 0. The molecule has 2 heterocycles. The maximum atomic E-state index is 12.0. The van der Waals surface area contributed by atoms with Crippen molar-refractivity contribution in [2.75, 3.05) is 13.1 Å². The molecule has 1 amide bonds. The van der Waals surface area contributed by atoms with Gasteiger partial charge in [0.15, 0.2) is 0 Å². The van der Waals surface area contributed by atoms with E-state index >= 15 is 0 Å². The van der Waals surface area contributed by atoms with Crippen molar-refractivity contribution in [1.29, 1.82) is 0 Å². The van der Waals surface area contributed by atoms with E-state index in [1.807, 2.05) is 45.0 Å². The van der Waals surface area contributed by atoms with Gasteiger partial charge in [0.2, 0.25) is 5.91 Å². The predicted octanol–water partition coefficient (Wildman–Crippen LogP) is 1.70. The lowest BCUT2D eigenvalue weighted by molar-refractivity contribution is -0.146. The molecule has 1 fully saturated rings. The minimum Gasteiger partial charge on any atom is -0.341 e. The van der Waals surface area contributed by atoms with Gasteiger partial charge in [0.05, 0.1) is 0 Å². The summed E-state index contributed by atoms with van der Waals surface area (Å²) in [5, 5.41) is 0. The minimum atomic E-state index is -0.254. The van der Waals surface area contributed by atoms with E-state index in [1.54, 1.807) is 0 Å². The fraction of sp³-hybridized carbons (Fsp3) is 0.692. The normalized spacial score (nSPS) is 17.1. The quantitative estimate of drug-likeness (QED) is 0.782. The number of amides is 1. The van der Waals surface area contributed by atoms with Gasteiger partial charge in [0, 0.05) is 43.4 Å². The van der Waals surface area contributed by atoms with E-state index in [2.05, 4.69) is 9.55 Å². The molecule has 1 aliphatic rings. The molecule has 2 rings (SSSR count). The first-order chi connectivity index (χ1) is 7.88. The first kappa shape index (κ1) is 12.1. The van der Waals surface area contributed by atoms with Crippen molar-refractivity contribution in [2.24, 2.45) is 11.3 Å². The summed E-state index contributed by atoms with van der Waals surface area (Å²) in [5.41, 5.74) is -0.254. The molecule has 1 saturated heterocycles. The Morgan fingerprint density at radius 1 is 1.47 bits per heavy atom. The van der Waals surface area contributed by atoms with E-state index in [9.17, 15) is 4.79 Å². The van der Waals surface area contributed by atoms with Crippen LogP contribution in [-0.4, -0.2) is 33.4 Å². The van der Waals surface area contributed by atoms with E-state index in [-0.39, 0.29) is 11.3 Å². The number of imidazole rings is 1. The summed E-state index contributed by atoms with van der Waals surface area (Å²) in [6.07, 6.45) is 3.83. The lowest BCUT2D eigenvalue weighted by Gasteiger charge is -2.42. The Kier molecular flexibility index (Phi) is 2.98. The van der Waals surface area contributed by atoms with Crippen LogP contribution in [0.1, 0.15) is 26.6 Å². The SMILES string of the molecule is Cc1nccn1CC1CN(C(=O)C(C)(C)C)C1. The van der Waals surface area contributed by atoms with Crippen LogP contribution in [0.15, 0.2) is 12.4 Å². The van der Waals surface area contributed by atoms with Gasteiger partial charge >= 0.3 is 0 Å². The number of aromatic nitrogens is 2. The third-order valence-electron chi connectivity index (χ3n) is 3.26. The van der Waals surface area contributed by atoms with Crippen LogP contribution in [0, 0.1) is 18.3 Å². The Morgan fingerprint density at radius 2 is 2.12 bits per heavy atom. The second kappa shape index (κ2) is 4.17. The van der Waals surface area contributed by atoms with Gasteiger partial charge in [-0.15, -0.1) is 0 Å². The fourth-order valence-electron chi connectivity index (χ4n) is 2.20. The van der Waals surface area contributed by atoms with Crippen molar-refractivity contribution in [3.8, 4) is 0 Å². The second-order valence-electron chi connectivity index (χ2n) is 5.95. The van der Waals surface area contributed by atoms with Gasteiger partial charge < -0.3 is 9.47 Å². The lowest BCUT2D eigenvalue weighted by Crippen LogP contribution is -2.54. The average Bonchev–Trinajstić information content (AvgIpc) is 2.54. The Morgan fingerprint density at radius 3 is 2.59 bits per heavy atom. The van der Waals surface area contributed by atoms with Crippen molar-refractivity contribution in [1.82, 2.24) is 14.5 Å². The third-order valence-corrected chi connectivity index (χ3v) is 3.26. The second-order valence-corrected chi connectivity index (χ2v) is 5.95. The van der Waals surface area contributed by atoms with Gasteiger partial charge in [0.1, 0.15) is 5.82 Å². The Labute approximate surface area is 103 Å². The molecule has 0 spiro atoms. The number of rotatable bonds is 2. The smallest absolute Gasteiger partial charge is 0.227 e. The van der Waals surface area contributed by atoms with Crippen molar-refractivity contribution in [3.63, 3.8) is 0 Å². The van der Waals surface area contributed by atoms with Gasteiger partial charge in [-0.3, -0.25) is 4.79 Å². The molecule has 17 heavy (non-hydrogen) atoms. The first-order valence-corrected chi connectivity index (χ1v) is 6.15. The third kappa shape index (κ3) is 2.51. The molecule has 0 bridgehead atoms. The monoisotopic (exact) mass is 235 g/mol. The molecular weight excluding hydrogens is 214 g/mol. The zero-order valence-corrected chi connectivity index (χ0v) is 11.1. The number of nitrogens with zero attached hydrogens (tertiary/aromatic N) is 3. The summed E-state index contributed by atoms with van der Waals surface area (Å²) in [6.45, 7) is 10.7. The average molecular weight is 235 g/mol. The molecule has 1 aliphatic heterocycles. The Bertz CT molecular complexity index is 411. The number of hydrogen-bond acceptors (Lipinski definition) is 2. The van der Waals surface area contributed by atoms with Crippen LogP contribution in [0.2, 0.25) is 0 Å². The zero-order chi connectivity index (χ0) is 12.6. The topological polar surface area (TPSA) is 38.1 Å². The van der Waals surface area contributed by atoms with Gasteiger partial charge in [0.25, 0.3) is 0 Å². The van der Waals surface area contributed by atoms with E-state index in [0.717, 1.165) is 25.5 Å². The van der Waals surface area contributed by atoms with E-state index in [4.69, 9.17) is 0 Å². The summed E-state index contributed by atoms with van der Waals surface area (Å²) in [6, 6.07) is 0. The Hall–Kier alpha value is -1.32.